The quantitative estimate of drug-likeness (QED) is 0.686. The van der Waals surface area contributed by atoms with Crippen LogP contribution in [0.15, 0.2) is 41.5 Å². The number of pyridine rings is 1. The van der Waals surface area contributed by atoms with Crippen LogP contribution in [0.2, 0.25) is 0 Å². The van der Waals surface area contributed by atoms with Gasteiger partial charge in [-0.1, -0.05) is 0 Å². The Morgan fingerprint density at radius 1 is 1.19 bits per heavy atom. The summed E-state index contributed by atoms with van der Waals surface area (Å²) in [4.78, 5) is 25.2. The van der Waals surface area contributed by atoms with Gasteiger partial charge in [0.1, 0.15) is 17.0 Å². The molecule has 2 heterocycles. The van der Waals surface area contributed by atoms with Gasteiger partial charge in [-0.25, -0.2) is 4.79 Å². The number of esters is 1. The van der Waals surface area contributed by atoms with E-state index in [9.17, 15) is 14.7 Å². The highest BCUT2D eigenvalue weighted by Gasteiger charge is 2.28. The van der Waals surface area contributed by atoms with Crippen molar-refractivity contribution < 1.29 is 19.4 Å². The van der Waals surface area contributed by atoms with Gasteiger partial charge in [0.2, 0.25) is 0 Å². The summed E-state index contributed by atoms with van der Waals surface area (Å²) in [6, 6.07) is 6.85. The Kier molecular flexibility index (Phi) is 4.75. The molecule has 0 amide bonds. The summed E-state index contributed by atoms with van der Waals surface area (Å²) in [6.45, 7) is 3.40. The minimum Gasteiger partial charge on any atom is -0.497 e. The predicted octanol–water partition coefficient (Wildman–Crippen LogP) is 1.66. The van der Waals surface area contributed by atoms with Gasteiger partial charge in [0.05, 0.1) is 37.6 Å². The molecule has 0 spiro atoms. The number of ether oxygens (including phenoxy) is 2. The molecule has 0 fully saturated rings. The Morgan fingerprint density at radius 2 is 1.85 bits per heavy atom. The van der Waals surface area contributed by atoms with Gasteiger partial charge in [0.25, 0.3) is 5.56 Å². The second-order valence-electron chi connectivity index (χ2n) is 6.72. The molecular weight excluding hydrogens is 350 g/mol. The van der Waals surface area contributed by atoms with E-state index in [1.807, 2.05) is 0 Å². The van der Waals surface area contributed by atoms with Gasteiger partial charge in [0.15, 0.2) is 0 Å². The molecule has 0 saturated carbocycles. The van der Waals surface area contributed by atoms with E-state index in [1.54, 1.807) is 56.0 Å². The summed E-state index contributed by atoms with van der Waals surface area (Å²) in [5.41, 5.74) is 0.110. The Hall–Kier alpha value is -3.13. The Bertz CT molecular complexity index is 1000. The third-order valence-corrected chi connectivity index (χ3v) is 4.48. The van der Waals surface area contributed by atoms with Crippen LogP contribution in [0.5, 0.6) is 5.75 Å². The number of rotatable bonds is 5. The number of carbonyl (C=O) groups excluding carboxylic acids is 1. The molecule has 0 radical (unpaired) electrons. The highest BCUT2D eigenvalue weighted by atomic mass is 16.5. The molecule has 2 aliphatic heterocycles. The second kappa shape index (κ2) is 6.88. The smallest absolute Gasteiger partial charge is 0.341 e. The number of aromatic nitrogens is 3. The van der Waals surface area contributed by atoms with Crippen LogP contribution >= 0.6 is 0 Å². The van der Waals surface area contributed by atoms with Crippen molar-refractivity contribution in [1.82, 2.24) is 14.3 Å². The largest absolute Gasteiger partial charge is 0.497 e. The number of hydrogen-bond donors (Lipinski definition) is 1. The first-order valence-electron chi connectivity index (χ1n) is 8.31. The van der Waals surface area contributed by atoms with E-state index in [0.717, 1.165) is 0 Å². The van der Waals surface area contributed by atoms with Crippen molar-refractivity contribution in [3.63, 3.8) is 0 Å². The van der Waals surface area contributed by atoms with Crippen molar-refractivity contribution in [3.8, 4) is 22.7 Å². The van der Waals surface area contributed by atoms with Gasteiger partial charge in [-0.05, 0) is 38.1 Å². The lowest BCUT2D eigenvalue weighted by Gasteiger charge is -2.27. The molecule has 0 aliphatic carbocycles. The molecule has 8 nitrogen and oxygen atoms in total. The fraction of sp³-hybridized carbons (Fsp3) is 0.316. The molecule has 1 aromatic carbocycles. The Labute approximate surface area is 155 Å². The number of aliphatic hydroxyl groups excluding tert-OH is 1. The zero-order valence-corrected chi connectivity index (χ0v) is 15.6. The fourth-order valence-electron chi connectivity index (χ4n) is 2.70. The molecule has 1 aromatic rings. The average Bonchev–Trinajstić information content (AvgIpc) is 3.03. The zero-order chi connectivity index (χ0) is 19.8. The third-order valence-electron chi connectivity index (χ3n) is 4.48. The van der Waals surface area contributed by atoms with E-state index in [1.165, 1.54) is 18.0 Å². The summed E-state index contributed by atoms with van der Waals surface area (Å²) in [6.07, 6.45) is 3.13. The van der Waals surface area contributed by atoms with E-state index >= 15 is 0 Å². The normalized spacial score (nSPS) is 11.6. The highest BCUT2D eigenvalue weighted by molar-refractivity contribution is 5.96. The molecule has 0 unspecified atom stereocenters. The zero-order valence-electron chi connectivity index (χ0n) is 15.6. The van der Waals surface area contributed by atoms with Crippen LogP contribution in [0, 0.1) is 0 Å². The van der Waals surface area contributed by atoms with E-state index in [2.05, 4.69) is 5.10 Å². The topological polar surface area (TPSA) is 95.6 Å². The van der Waals surface area contributed by atoms with Crippen LogP contribution < -0.4 is 10.3 Å². The maximum absolute atomic E-state index is 13.0. The minimum absolute atomic E-state index is 0.154. The maximum atomic E-state index is 13.0. The molecule has 2 aliphatic rings. The number of fused-ring (bicyclic) bond motifs is 1. The summed E-state index contributed by atoms with van der Waals surface area (Å²) < 4.78 is 12.8. The van der Waals surface area contributed by atoms with Gasteiger partial charge in [-0.15, -0.1) is 0 Å². The monoisotopic (exact) mass is 371 g/mol. The third kappa shape index (κ3) is 3.19. The number of carbonyl (C=O) groups is 1. The van der Waals surface area contributed by atoms with Crippen LogP contribution in [0.1, 0.15) is 24.2 Å². The van der Waals surface area contributed by atoms with Crippen molar-refractivity contribution in [1.29, 1.82) is 0 Å². The summed E-state index contributed by atoms with van der Waals surface area (Å²) in [5.74, 6) is 0.0446. The van der Waals surface area contributed by atoms with Crippen molar-refractivity contribution >= 4 is 5.97 Å². The molecule has 142 valence electrons. The standard InChI is InChI=1S/C19H21N3O5/c1-19(2,11-23)21-9-14-16(15(10-21)18(25)27-4)20-22(17(14)24)12-5-7-13(26-3)8-6-12/h5-10,23H,11H2,1-4H3. The summed E-state index contributed by atoms with van der Waals surface area (Å²) >= 11 is 0. The van der Waals surface area contributed by atoms with Crippen molar-refractivity contribution in [2.24, 2.45) is 0 Å². The molecular formula is C19H21N3O5. The lowest BCUT2D eigenvalue weighted by Crippen LogP contribution is -2.31. The number of hydrogen-bond acceptors (Lipinski definition) is 6. The number of aliphatic hydroxyl groups is 1. The van der Waals surface area contributed by atoms with Gasteiger partial charge in [-0.3, -0.25) is 4.79 Å². The molecule has 3 rings (SSSR count). The van der Waals surface area contributed by atoms with Gasteiger partial charge < -0.3 is 19.1 Å². The average molecular weight is 371 g/mol. The number of benzene rings is 1. The van der Waals surface area contributed by atoms with Crippen molar-refractivity contribution in [2.45, 2.75) is 19.4 Å². The van der Waals surface area contributed by atoms with Crippen molar-refractivity contribution in [2.75, 3.05) is 20.8 Å². The van der Waals surface area contributed by atoms with Crippen LogP contribution in [0.3, 0.4) is 0 Å². The SMILES string of the molecule is COC(=O)c1cn(C(C)(C)CO)cc2c(=O)n(-c3ccc(OC)cc3)nc1-2. The second-order valence-corrected chi connectivity index (χ2v) is 6.72. The first kappa shape index (κ1) is 18.7. The minimum atomic E-state index is -0.717. The van der Waals surface area contributed by atoms with Gasteiger partial charge >= 0.3 is 5.97 Å². The first-order valence-corrected chi connectivity index (χ1v) is 8.31. The Morgan fingerprint density at radius 3 is 2.41 bits per heavy atom. The fourth-order valence-corrected chi connectivity index (χ4v) is 2.70. The van der Waals surface area contributed by atoms with Crippen LogP contribution in [-0.2, 0) is 10.3 Å². The molecule has 0 bridgehead atoms. The Balaban J connectivity index is 2.27. The van der Waals surface area contributed by atoms with Crippen LogP contribution in [-0.4, -0.2) is 46.2 Å². The highest BCUT2D eigenvalue weighted by Crippen LogP contribution is 2.26. The van der Waals surface area contributed by atoms with Crippen LogP contribution in [0.25, 0.3) is 16.9 Å². The molecule has 1 N–H and O–H groups in total. The van der Waals surface area contributed by atoms with E-state index in [0.29, 0.717) is 11.4 Å². The molecule has 0 saturated heterocycles. The summed E-state index contributed by atoms with van der Waals surface area (Å²) in [5, 5.41) is 14.0. The lowest BCUT2D eigenvalue weighted by atomic mass is 10.0. The molecule has 27 heavy (non-hydrogen) atoms. The number of methoxy groups -OCH3 is 2. The number of nitrogens with zero attached hydrogens (tertiary/aromatic N) is 3. The van der Waals surface area contributed by atoms with Gasteiger partial charge in [0, 0.05) is 12.4 Å². The van der Waals surface area contributed by atoms with E-state index in [4.69, 9.17) is 9.47 Å². The molecule has 0 aromatic heterocycles. The van der Waals surface area contributed by atoms with Crippen molar-refractivity contribution in [3.05, 3.63) is 52.6 Å². The first-order chi connectivity index (χ1) is 12.8. The molecule has 8 heteroatoms. The van der Waals surface area contributed by atoms with E-state index < -0.39 is 11.5 Å². The lowest BCUT2D eigenvalue weighted by molar-refractivity contribution is 0.0599. The van der Waals surface area contributed by atoms with Gasteiger partial charge in [-0.2, -0.15) is 9.78 Å². The maximum Gasteiger partial charge on any atom is 0.341 e. The predicted molar refractivity (Wildman–Crippen MR) is 98.7 cm³/mol. The summed E-state index contributed by atoms with van der Waals surface area (Å²) in [7, 11) is 2.82. The van der Waals surface area contributed by atoms with E-state index in [-0.39, 0.29) is 29.0 Å². The molecule has 0 atom stereocenters. The van der Waals surface area contributed by atoms with Crippen LogP contribution in [0.4, 0.5) is 0 Å².